The molecule has 1 aromatic heterocycles. The van der Waals surface area contributed by atoms with E-state index in [1.807, 2.05) is 4.90 Å². The third kappa shape index (κ3) is 8.68. The molecule has 2 aliphatic rings. The maximum atomic E-state index is 13.7. The average molecular weight is 655 g/mol. The molecule has 1 amide bonds. The molecule has 5 rings (SSSR count). The fourth-order valence-electron chi connectivity index (χ4n) is 5.08. The van der Waals surface area contributed by atoms with Crippen LogP contribution >= 0.6 is 11.6 Å². The lowest BCUT2D eigenvalue weighted by Gasteiger charge is -2.37. The van der Waals surface area contributed by atoms with Crippen molar-refractivity contribution in [3.8, 4) is 5.75 Å². The number of nitrogens with one attached hydrogen (secondary N) is 2. The fraction of sp³-hybridized carbons (Fsp3) is 0.406. The number of rotatable bonds is 13. The van der Waals surface area contributed by atoms with E-state index in [0.29, 0.717) is 79.1 Å². The summed E-state index contributed by atoms with van der Waals surface area (Å²) in [7, 11) is 2.58. The van der Waals surface area contributed by atoms with E-state index >= 15 is 0 Å². The van der Waals surface area contributed by atoms with Crippen LogP contribution in [-0.2, 0) is 23.9 Å². The minimum Gasteiger partial charge on any atom is -0.491 e. The van der Waals surface area contributed by atoms with E-state index < -0.39 is 23.8 Å². The third-order valence-corrected chi connectivity index (χ3v) is 8.18. The van der Waals surface area contributed by atoms with Gasteiger partial charge in [0.15, 0.2) is 0 Å². The summed E-state index contributed by atoms with van der Waals surface area (Å²) in [5.74, 6) is -0.369. The predicted molar refractivity (Wildman–Crippen MR) is 171 cm³/mol. The number of nitrogens with zero attached hydrogens (tertiary/aromatic N) is 4. The molecule has 0 radical (unpaired) electrons. The zero-order valence-electron chi connectivity index (χ0n) is 25.6. The molecule has 12 nitrogen and oxygen atoms in total. The topological polar surface area (TPSA) is 135 Å². The first-order valence-electron chi connectivity index (χ1n) is 15.0. The summed E-state index contributed by atoms with van der Waals surface area (Å²) in [6.45, 7) is 3.44. The van der Waals surface area contributed by atoms with Crippen LogP contribution in [0.1, 0.15) is 19.3 Å². The van der Waals surface area contributed by atoms with Crippen molar-refractivity contribution in [1.82, 2.24) is 19.8 Å². The maximum absolute atomic E-state index is 13.7. The molecule has 0 bridgehead atoms. The van der Waals surface area contributed by atoms with Crippen LogP contribution in [0, 0.1) is 11.7 Å². The summed E-state index contributed by atoms with van der Waals surface area (Å²) < 4.78 is 29.4. The van der Waals surface area contributed by atoms with Crippen molar-refractivity contribution >= 4 is 57.5 Å². The molecule has 0 spiro atoms. The Labute approximate surface area is 270 Å². The monoisotopic (exact) mass is 654 g/mol. The number of hydrogen-bond acceptors (Lipinski definition) is 11. The second-order valence-corrected chi connectivity index (χ2v) is 11.6. The Kier molecular flexibility index (Phi) is 11.0. The number of carbonyl (C=O) groups is 3. The van der Waals surface area contributed by atoms with Gasteiger partial charge >= 0.3 is 11.9 Å². The van der Waals surface area contributed by atoms with Gasteiger partial charge in [0.25, 0.3) is 0 Å². The van der Waals surface area contributed by atoms with Gasteiger partial charge in [-0.1, -0.05) is 17.7 Å². The Morgan fingerprint density at radius 3 is 2.57 bits per heavy atom. The Bertz CT molecular complexity index is 1610. The van der Waals surface area contributed by atoms with Crippen molar-refractivity contribution in [3.63, 3.8) is 0 Å². The SMILES string of the molecule is COC(=O)CC(C(=O)OC)N1CCN(C/C=C/C(=O)Nc2cc3c(Nc4ccc(F)c(Cl)c4)ncnc3cc2OCC2CC2)CC1. The Morgan fingerprint density at radius 1 is 1.09 bits per heavy atom. The largest absolute Gasteiger partial charge is 0.491 e. The molecule has 46 heavy (non-hydrogen) atoms. The van der Waals surface area contributed by atoms with Gasteiger partial charge in [0.05, 0.1) is 43.5 Å². The van der Waals surface area contributed by atoms with Gasteiger partial charge in [-0.2, -0.15) is 0 Å². The number of methoxy groups -OCH3 is 2. The highest BCUT2D eigenvalue weighted by Gasteiger charge is 2.32. The number of carbonyl (C=O) groups excluding carboxylic acids is 3. The van der Waals surface area contributed by atoms with E-state index in [-0.39, 0.29) is 17.4 Å². The molecule has 244 valence electrons. The van der Waals surface area contributed by atoms with Gasteiger partial charge in [0.1, 0.15) is 29.8 Å². The second kappa shape index (κ2) is 15.3. The summed E-state index contributed by atoms with van der Waals surface area (Å²) >= 11 is 5.96. The van der Waals surface area contributed by atoms with Gasteiger partial charge in [0, 0.05) is 55.9 Å². The van der Waals surface area contributed by atoms with Crippen molar-refractivity contribution in [1.29, 1.82) is 0 Å². The number of aromatic nitrogens is 2. The molecule has 14 heteroatoms. The highest BCUT2D eigenvalue weighted by atomic mass is 35.5. The van der Waals surface area contributed by atoms with Gasteiger partial charge in [0.2, 0.25) is 5.91 Å². The number of esters is 2. The first-order valence-corrected chi connectivity index (χ1v) is 15.3. The molecule has 2 heterocycles. The number of benzene rings is 2. The number of fused-ring (bicyclic) bond motifs is 1. The number of halogens is 2. The number of amides is 1. The van der Waals surface area contributed by atoms with Crippen LogP contribution in [0.2, 0.25) is 5.02 Å². The highest BCUT2D eigenvalue weighted by molar-refractivity contribution is 6.31. The Balaban J connectivity index is 1.24. The van der Waals surface area contributed by atoms with Crippen molar-refractivity contribution < 1.29 is 33.0 Å². The van der Waals surface area contributed by atoms with Gasteiger partial charge in [-0.05, 0) is 43.0 Å². The molecular formula is C32H36ClFN6O6. The lowest BCUT2D eigenvalue weighted by molar-refractivity contribution is -0.154. The molecule has 1 saturated heterocycles. The van der Waals surface area contributed by atoms with Crippen LogP contribution in [0.25, 0.3) is 10.9 Å². The molecule has 1 saturated carbocycles. The average Bonchev–Trinajstić information content (AvgIpc) is 3.89. The molecule has 1 atom stereocenters. The number of anilines is 3. The van der Waals surface area contributed by atoms with Crippen LogP contribution in [0.4, 0.5) is 21.6 Å². The highest BCUT2D eigenvalue weighted by Crippen LogP contribution is 2.36. The first-order chi connectivity index (χ1) is 22.2. The van der Waals surface area contributed by atoms with Crippen LogP contribution in [0.5, 0.6) is 5.75 Å². The maximum Gasteiger partial charge on any atom is 0.323 e. The van der Waals surface area contributed by atoms with Crippen molar-refractivity contribution in [2.45, 2.75) is 25.3 Å². The van der Waals surface area contributed by atoms with Crippen molar-refractivity contribution in [3.05, 3.63) is 59.7 Å². The normalized spacial score (nSPS) is 16.3. The summed E-state index contributed by atoms with van der Waals surface area (Å²) in [5, 5.41) is 6.68. The quantitative estimate of drug-likeness (QED) is 0.203. The summed E-state index contributed by atoms with van der Waals surface area (Å²) in [6.07, 6.45) is 6.80. The summed E-state index contributed by atoms with van der Waals surface area (Å²) in [4.78, 5) is 49.9. The van der Waals surface area contributed by atoms with E-state index in [4.69, 9.17) is 25.8 Å². The zero-order chi connectivity index (χ0) is 32.6. The molecule has 1 unspecified atom stereocenters. The standard InChI is InChI=1S/C32H36ClFN6O6/c1-44-30(42)17-27(32(43)45-2)40-12-10-39(11-13-40)9-3-4-29(41)38-26-15-22-25(16-28(26)46-18-20-5-6-20)35-19-36-31(22)37-21-7-8-24(34)23(33)14-21/h3-4,7-8,14-16,19-20,27H,5-6,9-13,17-18H2,1-2H3,(H,38,41)(H,35,36,37)/b4-3+. The lowest BCUT2D eigenvalue weighted by atomic mass is 10.1. The summed E-state index contributed by atoms with van der Waals surface area (Å²) in [5.41, 5.74) is 1.61. The van der Waals surface area contributed by atoms with E-state index in [0.717, 1.165) is 12.8 Å². The van der Waals surface area contributed by atoms with Crippen LogP contribution < -0.4 is 15.4 Å². The first kappa shape index (κ1) is 33.0. The molecule has 2 fully saturated rings. The van der Waals surface area contributed by atoms with Gasteiger partial charge < -0.3 is 24.8 Å². The Morgan fingerprint density at radius 2 is 1.87 bits per heavy atom. The molecule has 2 N–H and O–H groups in total. The summed E-state index contributed by atoms with van der Waals surface area (Å²) in [6, 6.07) is 7.10. The predicted octanol–water partition coefficient (Wildman–Crippen LogP) is 4.17. The van der Waals surface area contributed by atoms with E-state index in [2.05, 4.69) is 25.5 Å². The van der Waals surface area contributed by atoms with E-state index in [1.165, 1.54) is 38.8 Å². The molecular weight excluding hydrogens is 619 g/mol. The minimum absolute atomic E-state index is 0.0234. The van der Waals surface area contributed by atoms with E-state index in [9.17, 15) is 18.8 Å². The van der Waals surface area contributed by atoms with Crippen LogP contribution in [0.15, 0.2) is 48.8 Å². The van der Waals surface area contributed by atoms with Crippen molar-refractivity contribution in [2.75, 3.05) is 64.2 Å². The van der Waals surface area contributed by atoms with Gasteiger partial charge in [-0.15, -0.1) is 0 Å². The molecule has 3 aromatic rings. The fourth-order valence-corrected chi connectivity index (χ4v) is 5.26. The molecule has 1 aliphatic carbocycles. The molecule has 2 aromatic carbocycles. The zero-order valence-corrected chi connectivity index (χ0v) is 26.4. The minimum atomic E-state index is -0.700. The second-order valence-electron chi connectivity index (χ2n) is 11.1. The van der Waals surface area contributed by atoms with Crippen LogP contribution in [-0.4, -0.2) is 97.2 Å². The lowest BCUT2D eigenvalue weighted by Crippen LogP contribution is -2.53. The Hall–Kier alpha value is -4.33. The smallest absolute Gasteiger partial charge is 0.323 e. The van der Waals surface area contributed by atoms with Crippen molar-refractivity contribution in [2.24, 2.45) is 5.92 Å². The molecule has 1 aliphatic heterocycles. The number of hydrogen-bond donors (Lipinski definition) is 2. The van der Waals surface area contributed by atoms with E-state index in [1.54, 1.807) is 24.3 Å². The van der Waals surface area contributed by atoms with Crippen LogP contribution in [0.3, 0.4) is 0 Å². The number of ether oxygens (including phenoxy) is 3. The third-order valence-electron chi connectivity index (χ3n) is 7.89. The van der Waals surface area contributed by atoms with Gasteiger partial charge in [-0.3, -0.25) is 24.2 Å². The number of piperazine rings is 1. The van der Waals surface area contributed by atoms with Gasteiger partial charge in [-0.25, -0.2) is 14.4 Å².